The average molecular weight is 451 g/mol. The highest BCUT2D eigenvalue weighted by Crippen LogP contribution is 2.39. The van der Waals surface area contributed by atoms with Gasteiger partial charge >= 0.3 is 0 Å². The van der Waals surface area contributed by atoms with E-state index in [2.05, 4.69) is 4.98 Å². The third-order valence-corrected chi connectivity index (χ3v) is 6.56. The number of benzene rings is 3. The van der Waals surface area contributed by atoms with Crippen LogP contribution >= 0.6 is 0 Å². The minimum Gasteiger partial charge on any atom is -0.507 e. The molecule has 0 radical (unpaired) electrons. The summed E-state index contributed by atoms with van der Waals surface area (Å²) in [6.07, 6.45) is 2.54. The van der Waals surface area contributed by atoms with Gasteiger partial charge in [0, 0.05) is 29.2 Å². The molecule has 5 nitrogen and oxygen atoms in total. The lowest BCUT2D eigenvalue weighted by Gasteiger charge is -2.25. The second-order valence-corrected chi connectivity index (χ2v) is 8.88. The number of ketones is 1. The molecule has 1 fully saturated rings. The number of rotatable bonds is 5. The number of aromatic nitrogens is 1. The van der Waals surface area contributed by atoms with Gasteiger partial charge in [0.1, 0.15) is 5.76 Å². The number of nitrogens with zero attached hydrogens (tertiary/aromatic N) is 1. The molecule has 5 heteroatoms. The minimum atomic E-state index is -0.650. The summed E-state index contributed by atoms with van der Waals surface area (Å²) in [4.78, 5) is 31.3. The van der Waals surface area contributed by atoms with Crippen LogP contribution in [-0.4, -0.2) is 33.2 Å². The second kappa shape index (κ2) is 8.67. The molecule has 2 heterocycles. The van der Waals surface area contributed by atoms with E-state index in [-0.39, 0.29) is 11.3 Å². The fourth-order valence-corrected chi connectivity index (χ4v) is 4.65. The zero-order valence-electron chi connectivity index (χ0n) is 19.2. The van der Waals surface area contributed by atoms with Crippen molar-refractivity contribution >= 4 is 28.4 Å². The molecule has 1 amide bonds. The Morgan fingerprint density at radius 1 is 0.912 bits per heavy atom. The van der Waals surface area contributed by atoms with Gasteiger partial charge in [-0.05, 0) is 37.5 Å². The number of aromatic amines is 1. The normalized spacial score (nSPS) is 17.6. The minimum absolute atomic E-state index is 0.136. The van der Waals surface area contributed by atoms with Crippen LogP contribution in [0.1, 0.15) is 33.9 Å². The van der Waals surface area contributed by atoms with Crippen molar-refractivity contribution in [3.63, 3.8) is 0 Å². The number of aryl methyl sites for hydroxylation is 2. The van der Waals surface area contributed by atoms with Gasteiger partial charge in [0.25, 0.3) is 11.7 Å². The van der Waals surface area contributed by atoms with Gasteiger partial charge in [-0.25, -0.2) is 0 Å². The van der Waals surface area contributed by atoms with Crippen LogP contribution in [0.4, 0.5) is 0 Å². The number of hydrogen-bond acceptors (Lipinski definition) is 3. The van der Waals surface area contributed by atoms with Gasteiger partial charge in [-0.3, -0.25) is 9.59 Å². The van der Waals surface area contributed by atoms with Crippen molar-refractivity contribution in [1.29, 1.82) is 0 Å². The maximum absolute atomic E-state index is 13.2. The quantitative estimate of drug-likeness (QED) is 0.241. The SMILES string of the molecule is Cc1ccc(C(O)=C2C(=O)C(=O)N(CCc3c[nH]c4ccccc34)[C@@H]2c2ccc(C)cc2)cc1. The van der Waals surface area contributed by atoms with Crippen molar-refractivity contribution in [1.82, 2.24) is 9.88 Å². The fourth-order valence-electron chi connectivity index (χ4n) is 4.65. The smallest absolute Gasteiger partial charge is 0.295 e. The third-order valence-electron chi connectivity index (χ3n) is 6.56. The maximum atomic E-state index is 13.2. The number of aliphatic hydroxyl groups excluding tert-OH is 1. The van der Waals surface area contributed by atoms with Crippen LogP contribution in [0, 0.1) is 13.8 Å². The number of nitrogens with one attached hydrogen (secondary N) is 1. The van der Waals surface area contributed by atoms with E-state index in [0.717, 1.165) is 33.2 Å². The molecule has 0 saturated carbocycles. The number of carbonyl (C=O) groups is 2. The molecule has 1 saturated heterocycles. The van der Waals surface area contributed by atoms with Crippen LogP contribution in [-0.2, 0) is 16.0 Å². The van der Waals surface area contributed by atoms with Crippen LogP contribution in [0.3, 0.4) is 0 Å². The predicted molar refractivity (Wildman–Crippen MR) is 133 cm³/mol. The fraction of sp³-hybridized carbons (Fsp3) is 0.172. The lowest BCUT2D eigenvalue weighted by molar-refractivity contribution is -0.139. The Bertz CT molecular complexity index is 1410. The van der Waals surface area contributed by atoms with Crippen molar-refractivity contribution in [3.05, 3.63) is 112 Å². The van der Waals surface area contributed by atoms with Crippen molar-refractivity contribution in [3.8, 4) is 0 Å². The molecule has 3 aromatic carbocycles. The summed E-state index contributed by atoms with van der Waals surface area (Å²) in [6, 6.07) is 22.4. The molecule has 170 valence electrons. The van der Waals surface area contributed by atoms with Gasteiger partial charge in [0.2, 0.25) is 0 Å². The molecule has 34 heavy (non-hydrogen) atoms. The zero-order valence-corrected chi connectivity index (χ0v) is 19.2. The summed E-state index contributed by atoms with van der Waals surface area (Å²) in [7, 11) is 0. The molecule has 0 unspecified atom stereocenters. The summed E-state index contributed by atoms with van der Waals surface area (Å²) >= 11 is 0. The van der Waals surface area contributed by atoms with E-state index < -0.39 is 17.7 Å². The van der Waals surface area contributed by atoms with E-state index in [1.165, 1.54) is 0 Å². The largest absolute Gasteiger partial charge is 0.507 e. The maximum Gasteiger partial charge on any atom is 0.295 e. The number of Topliss-reactive ketones (excluding diaryl/α,β-unsaturated/α-hetero) is 1. The number of H-pyrrole nitrogens is 1. The summed E-state index contributed by atoms with van der Waals surface area (Å²) in [5.41, 5.74) is 5.71. The molecule has 2 N–H and O–H groups in total. The van der Waals surface area contributed by atoms with Crippen molar-refractivity contribution < 1.29 is 14.7 Å². The number of aliphatic hydroxyl groups is 1. The zero-order chi connectivity index (χ0) is 23.8. The van der Waals surface area contributed by atoms with Gasteiger partial charge in [-0.1, -0.05) is 77.9 Å². The number of hydrogen-bond donors (Lipinski definition) is 2. The average Bonchev–Trinajstić information content (AvgIpc) is 3.37. The van der Waals surface area contributed by atoms with Crippen LogP contribution in [0.15, 0.2) is 84.6 Å². The highest BCUT2D eigenvalue weighted by atomic mass is 16.3. The summed E-state index contributed by atoms with van der Waals surface area (Å²) < 4.78 is 0. The Morgan fingerprint density at radius 3 is 2.26 bits per heavy atom. The molecule has 1 aromatic heterocycles. The van der Waals surface area contributed by atoms with Gasteiger partial charge in [-0.2, -0.15) is 0 Å². The number of amides is 1. The van der Waals surface area contributed by atoms with E-state index in [1.54, 1.807) is 17.0 Å². The number of likely N-dealkylation sites (tertiary alicyclic amines) is 1. The highest BCUT2D eigenvalue weighted by Gasteiger charge is 2.45. The Kier molecular flexibility index (Phi) is 5.54. The molecule has 4 aromatic rings. The second-order valence-electron chi connectivity index (χ2n) is 8.88. The van der Waals surface area contributed by atoms with Crippen molar-refractivity contribution in [2.45, 2.75) is 26.3 Å². The monoisotopic (exact) mass is 450 g/mol. The summed E-state index contributed by atoms with van der Waals surface area (Å²) in [6.45, 7) is 4.31. The Hall–Kier alpha value is -4.12. The van der Waals surface area contributed by atoms with E-state index in [1.807, 2.05) is 80.7 Å². The molecular weight excluding hydrogens is 424 g/mol. The molecule has 0 spiro atoms. The van der Waals surface area contributed by atoms with Crippen LogP contribution < -0.4 is 0 Å². The first-order chi connectivity index (χ1) is 16.4. The van der Waals surface area contributed by atoms with Crippen molar-refractivity contribution in [2.24, 2.45) is 0 Å². The van der Waals surface area contributed by atoms with Gasteiger partial charge in [0.15, 0.2) is 0 Å². The Labute approximate surface area is 198 Å². The first-order valence-electron chi connectivity index (χ1n) is 11.4. The van der Waals surface area contributed by atoms with E-state index in [4.69, 9.17) is 0 Å². The first kappa shape index (κ1) is 21.7. The first-order valence-corrected chi connectivity index (χ1v) is 11.4. The van der Waals surface area contributed by atoms with Crippen LogP contribution in [0.2, 0.25) is 0 Å². The van der Waals surface area contributed by atoms with Gasteiger partial charge in [-0.15, -0.1) is 0 Å². The topological polar surface area (TPSA) is 73.4 Å². The predicted octanol–water partition coefficient (Wildman–Crippen LogP) is 5.45. The summed E-state index contributed by atoms with van der Waals surface area (Å²) in [5.74, 6) is -1.37. The number of fused-ring (bicyclic) bond motifs is 1. The lowest BCUT2D eigenvalue weighted by Crippen LogP contribution is -2.31. The molecule has 1 aliphatic heterocycles. The van der Waals surface area contributed by atoms with E-state index in [9.17, 15) is 14.7 Å². The van der Waals surface area contributed by atoms with Gasteiger partial charge < -0.3 is 15.0 Å². The summed E-state index contributed by atoms with van der Waals surface area (Å²) in [5, 5.41) is 12.3. The Balaban J connectivity index is 1.56. The van der Waals surface area contributed by atoms with E-state index in [0.29, 0.717) is 18.5 Å². The van der Waals surface area contributed by atoms with Crippen LogP contribution in [0.25, 0.3) is 16.7 Å². The Morgan fingerprint density at radius 2 is 1.56 bits per heavy atom. The molecule has 1 atom stereocenters. The van der Waals surface area contributed by atoms with Gasteiger partial charge in [0.05, 0.1) is 11.6 Å². The molecule has 0 aliphatic carbocycles. The van der Waals surface area contributed by atoms with E-state index >= 15 is 0 Å². The number of para-hydroxylation sites is 1. The third kappa shape index (κ3) is 3.79. The lowest BCUT2D eigenvalue weighted by atomic mass is 9.94. The van der Waals surface area contributed by atoms with Crippen LogP contribution in [0.5, 0.6) is 0 Å². The standard InChI is InChI=1S/C29H26N2O3/c1-18-7-11-20(12-8-18)26-25(27(32)21-13-9-19(2)10-14-21)28(33)29(34)31(26)16-15-22-17-30-24-6-4-3-5-23(22)24/h3-14,17,26,30,32H,15-16H2,1-2H3/t26-/m1/s1. The number of carbonyl (C=O) groups excluding carboxylic acids is 2. The molecule has 5 rings (SSSR count). The molecule has 1 aliphatic rings. The van der Waals surface area contributed by atoms with Crippen molar-refractivity contribution in [2.75, 3.05) is 6.54 Å². The highest BCUT2D eigenvalue weighted by molar-refractivity contribution is 6.46. The molecule has 0 bridgehead atoms. The molecular formula is C29H26N2O3.